The Morgan fingerprint density at radius 3 is 2.65 bits per heavy atom. The average molecular weight is 361 g/mol. The number of nitrogens with zero attached hydrogens (tertiary/aromatic N) is 3. The quantitative estimate of drug-likeness (QED) is 0.877. The average Bonchev–Trinajstić information content (AvgIpc) is 3.33. The molecule has 8 heteroatoms. The summed E-state index contributed by atoms with van der Waals surface area (Å²) in [4.78, 5) is 16.9. The molecule has 1 saturated heterocycles. The van der Waals surface area contributed by atoms with Gasteiger partial charge in [0.25, 0.3) is 0 Å². The number of carbonyl (C=O) groups excluding carboxylic acids is 1. The molecule has 1 aliphatic heterocycles. The van der Waals surface area contributed by atoms with E-state index in [0.29, 0.717) is 12.4 Å². The first-order valence-electron chi connectivity index (χ1n) is 8.91. The molecule has 2 unspecified atom stereocenters. The molecule has 2 heterocycles. The molecule has 2 N–H and O–H groups in total. The molecular formula is C18H21F2N5O. The number of amides is 1. The molecule has 2 atom stereocenters. The number of rotatable bonds is 4. The van der Waals surface area contributed by atoms with Gasteiger partial charge < -0.3 is 5.32 Å². The Morgan fingerprint density at radius 2 is 1.96 bits per heavy atom. The van der Waals surface area contributed by atoms with Crippen LogP contribution in [-0.2, 0) is 11.8 Å². The molecule has 2 fully saturated rings. The van der Waals surface area contributed by atoms with Crippen LogP contribution in [-0.4, -0.2) is 33.8 Å². The van der Waals surface area contributed by atoms with Crippen molar-refractivity contribution in [1.82, 2.24) is 20.1 Å². The fourth-order valence-electron chi connectivity index (χ4n) is 3.64. The molecular weight excluding hydrogens is 340 g/mol. The summed E-state index contributed by atoms with van der Waals surface area (Å²) in [6.07, 6.45) is 2.37. The maximum absolute atomic E-state index is 13.9. The molecule has 1 aliphatic carbocycles. The first-order valence-corrected chi connectivity index (χ1v) is 8.91. The van der Waals surface area contributed by atoms with E-state index in [2.05, 4.69) is 20.7 Å². The highest BCUT2D eigenvalue weighted by Gasteiger charge is 2.47. The Kier molecular flexibility index (Phi) is 4.44. The van der Waals surface area contributed by atoms with Crippen molar-refractivity contribution in [3.8, 4) is 0 Å². The molecule has 0 radical (unpaired) electrons. The lowest BCUT2D eigenvalue weighted by Gasteiger charge is -2.19. The minimum atomic E-state index is -0.600. The van der Waals surface area contributed by atoms with Crippen molar-refractivity contribution < 1.29 is 13.6 Å². The van der Waals surface area contributed by atoms with Crippen molar-refractivity contribution in [2.24, 2.45) is 13.0 Å². The number of carbonyl (C=O) groups is 1. The van der Waals surface area contributed by atoms with Crippen LogP contribution in [0.1, 0.15) is 42.5 Å². The molecule has 0 bridgehead atoms. The zero-order chi connectivity index (χ0) is 18.3. The van der Waals surface area contributed by atoms with Gasteiger partial charge in [0.05, 0.1) is 0 Å². The lowest BCUT2D eigenvalue weighted by molar-refractivity contribution is -0.117. The normalized spacial score (nSPS) is 23.0. The zero-order valence-electron chi connectivity index (χ0n) is 14.5. The van der Waals surface area contributed by atoms with Crippen LogP contribution >= 0.6 is 0 Å². The van der Waals surface area contributed by atoms with Gasteiger partial charge in [-0.3, -0.25) is 10.1 Å². The number of aromatic nitrogens is 3. The largest absolute Gasteiger partial charge is 0.317 e. The summed E-state index contributed by atoms with van der Waals surface area (Å²) in [7, 11) is 1.73. The molecule has 1 saturated carbocycles. The van der Waals surface area contributed by atoms with E-state index in [9.17, 15) is 13.6 Å². The van der Waals surface area contributed by atoms with E-state index < -0.39 is 23.5 Å². The first-order chi connectivity index (χ1) is 12.5. The number of hydrogen-bond donors (Lipinski definition) is 2. The molecule has 2 aliphatic rings. The van der Waals surface area contributed by atoms with Crippen LogP contribution in [0, 0.1) is 17.6 Å². The van der Waals surface area contributed by atoms with Gasteiger partial charge >= 0.3 is 0 Å². The number of piperidine rings is 1. The highest BCUT2D eigenvalue weighted by Crippen LogP contribution is 2.49. The summed E-state index contributed by atoms with van der Waals surface area (Å²) >= 11 is 0. The van der Waals surface area contributed by atoms with E-state index in [1.807, 2.05) is 0 Å². The van der Waals surface area contributed by atoms with Gasteiger partial charge in [0.2, 0.25) is 11.9 Å². The zero-order valence-corrected chi connectivity index (χ0v) is 14.5. The highest BCUT2D eigenvalue weighted by molar-refractivity contribution is 5.93. The van der Waals surface area contributed by atoms with E-state index in [1.54, 1.807) is 11.7 Å². The predicted octanol–water partition coefficient (Wildman–Crippen LogP) is 2.30. The number of nitrogens with one attached hydrogen (secondary N) is 2. The molecule has 6 nitrogen and oxygen atoms in total. The van der Waals surface area contributed by atoms with Crippen LogP contribution in [0.15, 0.2) is 18.2 Å². The summed E-state index contributed by atoms with van der Waals surface area (Å²) in [5, 5.41) is 10.5. The number of aryl methyl sites for hydroxylation is 1. The maximum Gasteiger partial charge on any atom is 0.230 e. The molecule has 4 rings (SSSR count). The highest BCUT2D eigenvalue weighted by atomic mass is 19.1. The smallest absolute Gasteiger partial charge is 0.230 e. The van der Waals surface area contributed by atoms with Crippen LogP contribution in [0.3, 0.4) is 0 Å². The van der Waals surface area contributed by atoms with Gasteiger partial charge in [-0.25, -0.2) is 13.5 Å². The third-order valence-electron chi connectivity index (χ3n) is 5.22. The first kappa shape index (κ1) is 17.1. The fraction of sp³-hybridized carbons (Fsp3) is 0.500. The minimum Gasteiger partial charge on any atom is -0.317 e. The molecule has 0 spiro atoms. The van der Waals surface area contributed by atoms with Crippen molar-refractivity contribution in [1.29, 1.82) is 0 Å². The van der Waals surface area contributed by atoms with E-state index >= 15 is 0 Å². The van der Waals surface area contributed by atoms with Crippen LogP contribution in [0.25, 0.3) is 0 Å². The third-order valence-corrected chi connectivity index (χ3v) is 5.22. The van der Waals surface area contributed by atoms with Crippen LogP contribution in [0.2, 0.25) is 0 Å². The third kappa shape index (κ3) is 3.21. The predicted molar refractivity (Wildman–Crippen MR) is 91.7 cm³/mol. The van der Waals surface area contributed by atoms with Gasteiger partial charge in [-0.15, -0.1) is 0 Å². The molecule has 26 heavy (non-hydrogen) atoms. The Hall–Kier alpha value is -2.35. The summed E-state index contributed by atoms with van der Waals surface area (Å²) in [5.74, 6) is -0.942. The summed E-state index contributed by atoms with van der Waals surface area (Å²) in [6.45, 7) is 1.87. The molecule has 1 amide bonds. The van der Waals surface area contributed by atoms with Gasteiger partial charge in [-0.2, -0.15) is 10.1 Å². The Morgan fingerprint density at radius 1 is 1.27 bits per heavy atom. The minimum absolute atomic E-state index is 0.000935. The fourth-order valence-corrected chi connectivity index (χ4v) is 3.64. The van der Waals surface area contributed by atoms with Crippen molar-refractivity contribution in [2.45, 2.75) is 31.1 Å². The van der Waals surface area contributed by atoms with Crippen molar-refractivity contribution in [3.63, 3.8) is 0 Å². The number of benzene rings is 1. The summed E-state index contributed by atoms with van der Waals surface area (Å²) < 4.78 is 29.3. The second-order valence-corrected chi connectivity index (χ2v) is 7.01. The van der Waals surface area contributed by atoms with E-state index in [0.717, 1.165) is 31.8 Å². The van der Waals surface area contributed by atoms with Crippen LogP contribution in [0.4, 0.5) is 14.7 Å². The van der Waals surface area contributed by atoms with Gasteiger partial charge in [-0.1, -0.05) is 6.07 Å². The molecule has 1 aromatic carbocycles. The number of halogens is 2. The Bertz CT molecular complexity index is 811. The van der Waals surface area contributed by atoms with Crippen LogP contribution < -0.4 is 10.6 Å². The second kappa shape index (κ2) is 6.75. The van der Waals surface area contributed by atoms with Gasteiger partial charge in [0.1, 0.15) is 11.6 Å². The van der Waals surface area contributed by atoms with Crippen molar-refractivity contribution in [3.05, 3.63) is 41.2 Å². The monoisotopic (exact) mass is 361 g/mol. The Labute approximate surface area is 150 Å². The van der Waals surface area contributed by atoms with Gasteiger partial charge in [0, 0.05) is 30.4 Å². The van der Waals surface area contributed by atoms with Crippen molar-refractivity contribution >= 4 is 11.9 Å². The molecule has 1 aromatic heterocycles. The van der Waals surface area contributed by atoms with Gasteiger partial charge in [-0.05, 0) is 44.5 Å². The van der Waals surface area contributed by atoms with Gasteiger partial charge in [0.15, 0.2) is 5.82 Å². The molecule has 138 valence electrons. The number of hydrogen-bond acceptors (Lipinski definition) is 4. The van der Waals surface area contributed by atoms with E-state index in [4.69, 9.17) is 0 Å². The summed E-state index contributed by atoms with van der Waals surface area (Å²) in [5.41, 5.74) is 0.000935. The lowest BCUT2D eigenvalue weighted by atomic mass is 9.98. The number of anilines is 1. The van der Waals surface area contributed by atoms with Crippen LogP contribution in [0.5, 0.6) is 0 Å². The Balaban J connectivity index is 1.44. The van der Waals surface area contributed by atoms with E-state index in [1.165, 1.54) is 18.2 Å². The van der Waals surface area contributed by atoms with E-state index in [-0.39, 0.29) is 17.4 Å². The summed E-state index contributed by atoms with van der Waals surface area (Å²) in [6, 6.07) is 3.77. The standard InChI is InChI=1S/C18H21F2N5O/c1-25-18(22-16(24-25)10-5-7-21-8-6-10)23-17(26)12-9-11(12)15-13(19)3-2-4-14(15)20/h2-4,10-12,21H,5-9H2,1H3,(H,22,23,24,26). The second-order valence-electron chi connectivity index (χ2n) is 7.01. The molecule has 2 aromatic rings. The topological polar surface area (TPSA) is 71.8 Å². The van der Waals surface area contributed by atoms with Crippen molar-refractivity contribution in [2.75, 3.05) is 18.4 Å². The SMILES string of the molecule is Cn1nc(C2CCNCC2)nc1NC(=O)C1CC1c1c(F)cccc1F. The lowest BCUT2D eigenvalue weighted by Crippen LogP contribution is -2.27. The maximum atomic E-state index is 13.9.